The lowest BCUT2D eigenvalue weighted by molar-refractivity contribution is -0.255. The number of alkyl halides is 7. The van der Waals surface area contributed by atoms with Crippen molar-refractivity contribution >= 4 is 0 Å². The van der Waals surface area contributed by atoms with Gasteiger partial charge in [-0.15, -0.1) is 0 Å². The van der Waals surface area contributed by atoms with Gasteiger partial charge in [-0.3, -0.25) is 0 Å². The lowest BCUT2D eigenvalue weighted by Crippen LogP contribution is -2.34. The van der Waals surface area contributed by atoms with Gasteiger partial charge in [0.05, 0.1) is 5.56 Å². The number of rotatable bonds is 3. The predicted molar refractivity (Wildman–Crippen MR) is 44.7 cm³/mol. The number of hydrogen-bond acceptors (Lipinski definition) is 2. The van der Waals surface area contributed by atoms with Crippen molar-refractivity contribution in [1.29, 1.82) is 0 Å². The summed E-state index contributed by atoms with van der Waals surface area (Å²) in [5, 5.41) is 8.86. The Hall–Kier alpha value is -1.67. The summed E-state index contributed by atoms with van der Waals surface area (Å²) in [6.07, 6.45) is -14.5. The summed E-state index contributed by atoms with van der Waals surface area (Å²) in [5.74, 6) is -2.41. The molecule has 1 rings (SSSR count). The molecule has 0 radical (unpaired) electrons. The third-order valence-corrected chi connectivity index (χ3v) is 1.77. The minimum Gasteiger partial charge on any atom is -0.508 e. The number of aromatic hydroxyl groups is 1. The topological polar surface area (TPSA) is 29.5 Å². The summed E-state index contributed by atoms with van der Waals surface area (Å²) in [6, 6.07) is 0.988. The van der Waals surface area contributed by atoms with Crippen LogP contribution in [-0.4, -0.2) is 17.6 Å². The number of halogens is 7. The Kier molecular flexibility index (Phi) is 3.63. The highest BCUT2D eigenvalue weighted by Gasteiger charge is 2.46. The highest BCUT2D eigenvalue weighted by atomic mass is 19.4. The zero-order chi connectivity index (χ0) is 14.1. The van der Waals surface area contributed by atoms with Crippen molar-refractivity contribution < 1.29 is 40.6 Å². The zero-order valence-electron chi connectivity index (χ0n) is 8.31. The van der Waals surface area contributed by atoms with E-state index in [1.165, 1.54) is 0 Å². The third kappa shape index (κ3) is 3.17. The van der Waals surface area contributed by atoms with Crippen LogP contribution >= 0.6 is 0 Å². The fourth-order valence-corrected chi connectivity index (χ4v) is 1.02. The summed E-state index contributed by atoms with van der Waals surface area (Å²) < 4.78 is 89.1. The lowest BCUT2D eigenvalue weighted by atomic mass is 10.2. The Morgan fingerprint density at radius 1 is 1.06 bits per heavy atom. The molecule has 9 heteroatoms. The van der Waals surface area contributed by atoms with Crippen LogP contribution in [0.15, 0.2) is 18.2 Å². The van der Waals surface area contributed by atoms with Crippen molar-refractivity contribution in [1.82, 2.24) is 0 Å². The van der Waals surface area contributed by atoms with Gasteiger partial charge in [-0.1, -0.05) is 0 Å². The summed E-state index contributed by atoms with van der Waals surface area (Å²) in [4.78, 5) is 0. The van der Waals surface area contributed by atoms with Crippen LogP contribution in [0.25, 0.3) is 0 Å². The summed E-state index contributed by atoms with van der Waals surface area (Å²) in [6.45, 7) is 0. The van der Waals surface area contributed by atoms with E-state index in [0.717, 1.165) is 0 Å². The average molecular weight is 278 g/mol. The SMILES string of the molecule is Oc1ccc(C(F)(F)F)c(OC(F)(F)C(F)F)c1. The molecule has 1 N–H and O–H groups in total. The summed E-state index contributed by atoms with van der Waals surface area (Å²) >= 11 is 0. The smallest absolute Gasteiger partial charge is 0.461 e. The minimum absolute atomic E-state index is 0.180. The van der Waals surface area contributed by atoms with Crippen LogP contribution in [0.5, 0.6) is 11.5 Å². The van der Waals surface area contributed by atoms with Gasteiger partial charge in [0.2, 0.25) is 0 Å². The Morgan fingerprint density at radius 3 is 2.06 bits per heavy atom. The van der Waals surface area contributed by atoms with Gasteiger partial charge >= 0.3 is 18.7 Å². The van der Waals surface area contributed by atoms with Crippen LogP contribution in [-0.2, 0) is 6.18 Å². The Balaban J connectivity index is 3.19. The first-order valence-corrected chi connectivity index (χ1v) is 4.29. The molecule has 0 atom stereocenters. The molecule has 102 valence electrons. The van der Waals surface area contributed by atoms with E-state index in [-0.39, 0.29) is 12.1 Å². The van der Waals surface area contributed by atoms with E-state index in [2.05, 4.69) is 4.74 Å². The average Bonchev–Trinajstić information content (AvgIpc) is 2.14. The Labute approximate surface area is 95.6 Å². The van der Waals surface area contributed by atoms with Crippen molar-refractivity contribution in [3.8, 4) is 11.5 Å². The number of phenols is 1. The molecule has 0 saturated heterocycles. The predicted octanol–water partition coefficient (Wildman–Crippen LogP) is 3.65. The second-order valence-corrected chi connectivity index (χ2v) is 3.14. The molecule has 0 aliphatic heterocycles. The molecule has 0 spiro atoms. The van der Waals surface area contributed by atoms with E-state index in [1.807, 2.05) is 0 Å². The van der Waals surface area contributed by atoms with E-state index >= 15 is 0 Å². The van der Waals surface area contributed by atoms with Crippen LogP contribution in [0.4, 0.5) is 30.7 Å². The molecule has 0 aliphatic carbocycles. The zero-order valence-corrected chi connectivity index (χ0v) is 8.31. The van der Waals surface area contributed by atoms with Crippen LogP contribution in [0.3, 0.4) is 0 Å². The third-order valence-electron chi connectivity index (χ3n) is 1.77. The molecular weight excluding hydrogens is 273 g/mol. The highest BCUT2D eigenvalue weighted by molar-refractivity contribution is 5.41. The maximum Gasteiger partial charge on any atom is 0.461 e. The fourth-order valence-electron chi connectivity index (χ4n) is 1.02. The van der Waals surface area contributed by atoms with Crippen molar-refractivity contribution in [3.63, 3.8) is 0 Å². The van der Waals surface area contributed by atoms with Gasteiger partial charge in [0.1, 0.15) is 11.5 Å². The maximum atomic E-state index is 12.5. The molecule has 0 aliphatic rings. The molecule has 1 aromatic rings. The van der Waals surface area contributed by atoms with Crippen molar-refractivity contribution in [2.24, 2.45) is 0 Å². The van der Waals surface area contributed by atoms with Crippen molar-refractivity contribution in [2.45, 2.75) is 18.7 Å². The Morgan fingerprint density at radius 2 is 1.61 bits per heavy atom. The van der Waals surface area contributed by atoms with Gasteiger partial charge in [-0.25, -0.2) is 0 Å². The van der Waals surface area contributed by atoms with Gasteiger partial charge in [0.25, 0.3) is 0 Å². The van der Waals surface area contributed by atoms with Crippen molar-refractivity contribution in [2.75, 3.05) is 0 Å². The molecule has 0 bridgehead atoms. The normalized spacial score (nSPS) is 12.9. The summed E-state index contributed by atoms with van der Waals surface area (Å²) in [5.41, 5.74) is -1.69. The Bertz CT molecular complexity index is 427. The monoisotopic (exact) mass is 278 g/mol. The molecule has 0 amide bonds. The molecule has 18 heavy (non-hydrogen) atoms. The van der Waals surface area contributed by atoms with Gasteiger partial charge < -0.3 is 9.84 Å². The number of ether oxygens (including phenoxy) is 1. The number of hydrogen-bond donors (Lipinski definition) is 1. The number of phenolic OH excluding ortho intramolecular Hbond substituents is 1. The first-order valence-electron chi connectivity index (χ1n) is 4.29. The molecule has 0 saturated carbocycles. The van der Waals surface area contributed by atoms with Gasteiger partial charge in [-0.05, 0) is 12.1 Å². The van der Waals surface area contributed by atoms with Gasteiger partial charge in [0.15, 0.2) is 0 Å². The highest BCUT2D eigenvalue weighted by Crippen LogP contribution is 2.40. The molecular formula is C9H5F7O2. The van der Waals surface area contributed by atoms with E-state index < -0.39 is 35.8 Å². The standard InChI is InChI=1S/C9H5F7O2/c10-7(11)9(15,16)18-6-3-4(17)1-2-5(6)8(12,13)14/h1-3,7,17H. The van der Waals surface area contributed by atoms with E-state index in [0.29, 0.717) is 6.07 Å². The molecule has 0 aromatic heterocycles. The van der Waals surface area contributed by atoms with Crippen LogP contribution in [0.2, 0.25) is 0 Å². The molecule has 0 fully saturated rings. The van der Waals surface area contributed by atoms with Crippen molar-refractivity contribution in [3.05, 3.63) is 23.8 Å². The first-order chi connectivity index (χ1) is 8.04. The lowest BCUT2D eigenvalue weighted by Gasteiger charge is -2.20. The molecule has 1 aromatic carbocycles. The van der Waals surface area contributed by atoms with Gasteiger partial charge in [-0.2, -0.15) is 30.7 Å². The van der Waals surface area contributed by atoms with E-state index in [9.17, 15) is 30.7 Å². The second kappa shape index (κ2) is 4.54. The quantitative estimate of drug-likeness (QED) is 0.855. The fraction of sp³-hybridized carbons (Fsp3) is 0.333. The van der Waals surface area contributed by atoms with Crippen LogP contribution in [0, 0.1) is 0 Å². The maximum absolute atomic E-state index is 12.5. The van der Waals surface area contributed by atoms with E-state index in [1.54, 1.807) is 0 Å². The number of benzene rings is 1. The molecule has 2 nitrogen and oxygen atoms in total. The summed E-state index contributed by atoms with van der Waals surface area (Å²) in [7, 11) is 0. The van der Waals surface area contributed by atoms with Gasteiger partial charge in [0, 0.05) is 6.07 Å². The molecule has 0 unspecified atom stereocenters. The second-order valence-electron chi connectivity index (χ2n) is 3.14. The molecule has 0 heterocycles. The van der Waals surface area contributed by atoms with Crippen LogP contribution < -0.4 is 4.74 Å². The minimum atomic E-state index is -5.09. The van der Waals surface area contributed by atoms with Crippen LogP contribution in [0.1, 0.15) is 5.56 Å². The largest absolute Gasteiger partial charge is 0.508 e. The first kappa shape index (κ1) is 14.4. The van der Waals surface area contributed by atoms with E-state index in [4.69, 9.17) is 5.11 Å².